The predicted molar refractivity (Wildman–Crippen MR) is 99.1 cm³/mol. The number of fused-ring (bicyclic) bond motifs is 3. The molecule has 1 aliphatic carbocycles. The van der Waals surface area contributed by atoms with Gasteiger partial charge in [0, 0.05) is 5.92 Å². The minimum atomic E-state index is -1.08. The lowest BCUT2D eigenvalue weighted by Gasteiger charge is -2.27. The Bertz CT molecular complexity index is 792. The number of nitrogens with one attached hydrogen (secondary N) is 1. The zero-order chi connectivity index (χ0) is 18.9. The molecule has 1 aliphatic rings. The van der Waals surface area contributed by atoms with Gasteiger partial charge in [0.1, 0.15) is 12.6 Å². The van der Waals surface area contributed by atoms with Crippen LogP contribution in [0.3, 0.4) is 0 Å². The van der Waals surface area contributed by atoms with Crippen LogP contribution in [0.2, 0.25) is 0 Å². The van der Waals surface area contributed by atoms with Crippen molar-refractivity contribution in [1.29, 1.82) is 0 Å². The average molecular weight is 353 g/mol. The summed E-state index contributed by atoms with van der Waals surface area (Å²) in [7, 11) is 0. The summed E-state index contributed by atoms with van der Waals surface area (Å²) >= 11 is 0. The Kier molecular flexibility index (Phi) is 4.72. The van der Waals surface area contributed by atoms with E-state index in [9.17, 15) is 14.7 Å². The van der Waals surface area contributed by atoms with Gasteiger partial charge in [0.15, 0.2) is 0 Å². The number of hydrogen-bond donors (Lipinski definition) is 2. The van der Waals surface area contributed by atoms with Gasteiger partial charge in [-0.05, 0) is 27.7 Å². The van der Waals surface area contributed by atoms with Crippen molar-refractivity contribution in [2.45, 2.75) is 32.7 Å². The molecule has 0 fully saturated rings. The van der Waals surface area contributed by atoms with E-state index in [-0.39, 0.29) is 12.5 Å². The van der Waals surface area contributed by atoms with E-state index in [2.05, 4.69) is 17.4 Å². The maximum absolute atomic E-state index is 12.2. The number of rotatable bonds is 4. The Balaban J connectivity index is 1.74. The third-order valence-electron chi connectivity index (χ3n) is 4.72. The molecule has 2 N–H and O–H groups in total. The Hall–Kier alpha value is -2.82. The van der Waals surface area contributed by atoms with E-state index in [0.717, 1.165) is 22.3 Å². The molecule has 0 bridgehead atoms. The van der Waals surface area contributed by atoms with Gasteiger partial charge in [0.25, 0.3) is 0 Å². The Labute approximate surface area is 153 Å². The van der Waals surface area contributed by atoms with Crippen molar-refractivity contribution in [3.8, 4) is 11.1 Å². The number of aliphatic carboxylic acids is 1. The van der Waals surface area contributed by atoms with Crippen molar-refractivity contribution < 1.29 is 19.4 Å². The van der Waals surface area contributed by atoms with Crippen LogP contribution in [0.4, 0.5) is 4.79 Å². The van der Waals surface area contributed by atoms with Crippen LogP contribution in [0.1, 0.15) is 37.8 Å². The standard InChI is InChI=1S/C21H23NO4/c1-21(2,3)18(19(23)24)22-20(25)26-12-17-15-10-6-4-8-13(15)14-9-5-7-11-16(14)17/h4-11,17-18H,12H2,1-3H3,(H,22,25)(H,23,24). The largest absolute Gasteiger partial charge is 0.480 e. The summed E-state index contributed by atoms with van der Waals surface area (Å²) in [5.74, 6) is -1.13. The second kappa shape index (κ2) is 6.83. The molecule has 5 heteroatoms. The lowest BCUT2D eigenvalue weighted by atomic mass is 9.87. The maximum Gasteiger partial charge on any atom is 0.407 e. The quantitative estimate of drug-likeness (QED) is 0.870. The monoisotopic (exact) mass is 353 g/mol. The first-order chi connectivity index (χ1) is 12.3. The highest BCUT2D eigenvalue weighted by Crippen LogP contribution is 2.44. The molecule has 0 spiro atoms. The Morgan fingerprint density at radius 2 is 1.54 bits per heavy atom. The third kappa shape index (κ3) is 3.43. The number of ether oxygens (including phenoxy) is 1. The van der Waals surface area contributed by atoms with Crippen molar-refractivity contribution in [3.63, 3.8) is 0 Å². The molecule has 26 heavy (non-hydrogen) atoms. The predicted octanol–water partition coefficient (Wildman–Crippen LogP) is 4.02. The summed E-state index contributed by atoms with van der Waals surface area (Å²) in [6, 6.07) is 15.1. The highest BCUT2D eigenvalue weighted by Gasteiger charge is 2.34. The first-order valence-corrected chi connectivity index (χ1v) is 8.63. The molecule has 136 valence electrons. The van der Waals surface area contributed by atoms with Crippen molar-refractivity contribution in [1.82, 2.24) is 5.32 Å². The van der Waals surface area contributed by atoms with E-state index >= 15 is 0 Å². The fourth-order valence-corrected chi connectivity index (χ4v) is 3.41. The smallest absolute Gasteiger partial charge is 0.407 e. The van der Waals surface area contributed by atoms with Crippen LogP contribution < -0.4 is 5.32 Å². The molecule has 0 aliphatic heterocycles. The first kappa shape index (κ1) is 18.0. The molecule has 0 radical (unpaired) electrons. The highest BCUT2D eigenvalue weighted by molar-refractivity contribution is 5.81. The molecule has 0 saturated carbocycles. The minimum absolute atomic E-state index is 0.0499. The van der Waals surface area contributed by atoms with Gasteiger partial charge in [-0.3, -0.25) is 0 Å². The van der Waals surface area contributed by atoms with Gasteiger partial charge in [0.05, 0.1) is 0 Å². The molecule has 0 saturated heterocycles. The summed E-state index contributed by atoms with van der Waals surface area (Å²) in [5.41, 5.74) is 3.92. The highest BCUT2D eigenvalue weighted by atomic mass is 16.5. The average Bonchev–Trinajstić information content (AvgIpc) is 2.91. The molecular formula is C21H23NO4. The topological polar surface area (TPSA) is 75.6 Å². The van der Waals surface area contributed by atoms with Crippen molar-refractivity contribution in [2.75, 3.05) is 6.61 Å². The zero-order valence-corrected chi connectivity index (χ0v) is 15.2. The van der Waals surface area contributed by atoms with Gasteiger partial charge in [-0.2, -0.15) is 0 Å². The van der Waals surface area contributed by atoms with Crippen LogP contribution in [0.15, 0.2) is 48.5 Å². The Morgan fingerprint density at radius 3 is 2.00 bits per heavy atom. The van der Waals surface area contributed by atoms with Crippen LogP contribution in [0.25, 0.3) is 11.1 Å². The minimum Gasteiger partial charge on any atom is -0.480 e. The number of benzene rings is 2. The van der Waals surface area contributed by atoms with E-state index in [1.807, 2.05) is 36.4 Å². The first-order valence-electron chi connectivity index (χ1n) is 8.63. The fourth-order valence-electron chi connectivity index (χ4n) is 3.41. The molecule has 1 atom stereocenters. The molecule has 5 nitrogen and oxygen atoms in total. The molecule has 1 unspecified atom stereocenters. The summed E-state index contributed by atoms with van der Waals surface area (Å²) < 4.78 is 5.40. The van der Waals surface area contributed by atoms with Crippen LogP contribution >= 0.6 is 0 Å². The van der Waals surface area contributed by atoms with Gasteiger partial charge >= 0.3 is 12.1 Å². The van der Waals surface area contributed by atoms with Gasteiger partial charge in [-0.1, -0.05) is 69.3 Å². The van der Waals surface area contributed by atoms with Crippen LogP contribution in [-0.4, -0.2) is 29.8 Å². The molecule has 0 heterocycles. The molecular weight excluding hydrogens is 330 g/mol. The van der Waals surface area contributed by atoms with E-state index in [1.54, 1.807) is 20.8 Å². The van der Waals surface area contributed by atoms with E-state index in [4.69, 9.17) is 4.74 Å². The summed E-state index contributed by atoms with van der Waals surface area (Å²) in [4.78, 5) is 23.6. The molecule has 2 aromatic rings. The zero-order valence-electron chi connectivity index (χ0n) is 15.2. The molecule has 2 aromatic carbocycles. The van der Waals surface area contributed by atoms with E-state index in [0.29, 0.717) is 0 Å². The Morgan fingerprint density at radius 1 is 1.04 bits per heavy atom. The number of amides is 1. The number of carbonyl (C=O) groups is 2. The summed E-state index contributed by atoms with van der Waals surface area (Å²) in [6.07, 6.45) is -0.714. The number of alkyl carbamates (subject to hydrolysis) is 1. The van der Waals surface area contributed by atoms with Crippen molar-refractivity contribution in [2.24, 2.45) is 5.41 Å². The lowest BCUT2D eigenvalue weighted by molar-refractivity contribution is -0.142. The number of hydrogen-bond acceptors (Lipinski definition) is 3. The van der Waals surface area contributed by atoms with E-state index < -0.39 is 23.5 Å². The van der Waals surface area contributed by atoms with Crippen LogP contribution in [-0.2, 0) is 9.53 Å². The molecule has 3 rings (SSSR count). The fraction of sp³-hybridized carbons (Fsp3) is 0.333. The van der Waals surface area contributed by atoms with Crippen LogP contribution in [0, 0.1) is 5.41 Å². The van der Waals surface area contributed by atoms with E-state index in [1.165, 1.54) is 0 Å². The van der Waals surface area contributed by atoms with Gasteiger partial charge < -0.3 is 15.2 Å². The van der Waals surface area contributed by atoms with Crippen molar-refractivity contribution in [3.05, 3.63) is 59.7 Å². The summed E-state index contributed by atoms with van der Waals surface area (Å²) in [5, 5.41) is 11.8. The van der Waals surface area contributed by atoms with Gasteiger partial charge in [-0.15, -0.1) is 0 Å². The third-order valence-corrected chi connectivity index (χ3v) is 4.72. The molecule has 0 aromatic heterocycles. The molecule has 1 amide bonds. The van der Waals surface area contributed by atoms with Crippen LogP contribution in [0.5, 0.6) is 0 Å². The second-order valence-corrected chi connectivity index (χ2v) is 7.61. The maximum atomic E-state index is 12.2. The SMILES string of the molecule is CC(C)(C)C(NC(=O)OCC1c2ccccc2-c2ccccc21)C(=O)O. The number of carboxylic acids is 1. The lowest BCUT2D eigenvalue weighted by Crippen LogP contribution is -2.49. The van der Waals surface area contributed by atoms with Gasteiger partial charge in [0.2, 0.25) is 0 Å². The van der Waals surface area contributed by atoms with Crippen molar-refractivity contribution >= 4 is 12.1 Å². The second-order valence-electron chi connectivity index (χ2n) is 7.61. The normalized spacial score (nSPS) is 14.3. The number of carbonyl (C=O) groups excluding carboxylic acids is 1. The number of carboxylic acid groups (broad SMARTS) is 1. The van der Waals surface area contributed by atoms with Gasteiger partial charge in [-0.25, -0.2) is 9.59 Å². The summed E-state index contributed by atoms with van der Waals surface area (Å²) in [6.45, 7) is 5.44.